The molecule has 0 heterocycles. The minimum Gasteiger partial charge on any atom is -1.00 e. The van der Waals surface area contributed by atoms with Crippen LogP contribution in [0.1, 0.15) is 55.7 Å². The number of carbonyl (C=O) groups is 2. The third-order valence-electron chi connectivity index (χ3n) is 3.36. The molecular weight excluding hydrogens is 345 g/mol. The fraction of sp³-hybridized carbons (Fsp3) is 0.833. The topological polar surface area (TPSA) is 74.6 Å². The van der Waals surface area contributed by atoms with E-state index in [1.807, 2.05) is 0 Å². The average Bonchev–Trinajstić information content (AvgIpc) is 2.22. The Morgan fingerprint density at radius 3 is 2.00 bits per heavy atom. The smallest absolute Gasteiger partial charge is 1.00 e. The van der Waals surface area contributed by atoms with Crippen molar-refractivity contribution >= 4 is 60.8 Å². The molecule has 0 aliphatic heterocycles. The number of hydrogen-bond acceptors (Lipinski definition) is 2. The molecule has 2 N–H and O–H groups in total. The minimum absolute atomic E-state index is 0. The third kappa shape index (κ3) is 5.79. The van der Waals surface area contributed by atoms with Gasteiger partial charge in [-0.15, -0.1) is 0 Å². The molecule has 0 radical (unpaired) electrons. The predicted octanol–water partition coefficient (Wildman–Crippen LogP) is 2.61. The molecule has 0 spiro atoms. The summed E-state index contributed by atoms with van der Waals surface area (Å²) in [6.07, 6.45) is 4.81. The summed E-state index contributed by atoms with van der Waals surface area (Å²) < 4.78 is 0. The first kappa shape index (κ1) is 19.8. The number of rotatable bonds is 8. The summed E-state index contributed by atoms with van der Waals surface area (Å²) in [5, 5.41) is 18.0. The molecule has 0 aromatic heterocycles. The Balaban J connectivity index is -0.000000375. The Bertz CT molecular complexity index is 248. The number of carboxylic acids is 2. The van der Waals surface area contributed by atoms with E-state index in [-0.39, 0.29) is 57.7 Å². The number of aliphatic carboxylic acids is 2. The van der Waals surface area contributed by atoms with Crippen LogP contribution in [0.4, 0.5) is 0 Å². The summed E-state index contributed by atoms with van der Waals surface area (Å²) >= 11 is 0. The van der Waals surface area contributed by atoms with Crippen molar-refractivity contribution in [2.24, 2.45) is 11.3 Å². The van der Waals surface area contributed by atoms with Gasteiger partial charge in [0.1, 0.15) is 0 Å². The molecule has 0 fully saturated rings. The maximum absolute atomic E-state index is 11.0. The number of unbranched alkanes of at least 4 members (excludes halogenated alkanes) is 3. The van der Waals surface area contributed by atoms with E-state index in [9.17, 15) is 9.59 Å². The summed E-state index contributed by atoms with van der Waals surface area (Å²) in [6.45, 7) is 5.10. The Labute approximate surface area is 146 Å². The van der Waals surface area contributed by atoms with Gasteiger partial charge in [0.05, 0.1) is 0 Å². The molecule has 0 amide bonds. The van der Waals surface area contributed by atoms with Crippen molar-refractivity contribution in [3.63, 3.8) is 0 Å². The van der Waals surface area contributed by atoms with E-state index in [1.54, 1.807) is 6.92 Å². The van der Waals surface area contributed by atoms with Crippen LogP contribution in [0, 0.1) is 11.3 Å². The Hall–Kier alpha value is 0.511. The van der Waals surface area contributed by atoms with Crippen molar-refractivity contribution in [3.05, 3.63) is 0 Å². The van der Waals surface area contributed by atoms with E-state index in [4.69, 9.17) is 10.2 Å². The minimum atomic E-state index is -1.66. The molecule has 5 heteroatoms. The zero-order chi connectivity index (χ0) is 12.8. The van der Waals surface area contributed by atoms with E-state index in [0.717, 1.165) is 25.7 Å². The van der Waals surface area contributed by atoms with Crippen molar-refractivity contribution in [1.29, 1.82) is 0 Å². The molecule has 0 saturated heterocycles. The zero-order valence-electron chi connectivity index (χ0n) is 13.0. The van der Waals surface area contributed by atoms with E-state index in [2.05, 4.69) is 6.92 Å². The van der Waals surface area contributed by atoms with Gasteiger partial charge >= 0.3 is 60.8 Å². The quantitative estimate of drug-likeness (QED) is 0.392. The molecule has 0 rings (SSSR count). The third-order valence-corrected chi connectivity index (χ3v) is 3.36. The van der Waals surface area contributed by atoms with Gasteiger partial charge in [-0.05, 0) is 19.3 Å². The van der Waals surface area contributed by atoms with E-state index < -0.39 is 17.4 Å². The van der Waals surface area contributed by atoms with Crippen LogP contribution in [-0.4, -0.2) is 71.0 Å². The second kappa shape index (κ2) is 9.44. The van der Waals surface area contributed by atoms with E-state index in [1.165, 1.54) is 6.92 Å². The van der Waals surface area contributed by atoms with Gasteiger partial charge < -0.3 is 13.1 Å². The molecule has 17 heavy (non-hydrogen) atoms. The van der Waals surface area contributed by atoms with Gasteiger partial charge in [0.25, 0.3) is 0 Å². The van der Waals surface area contributed by atoms with Gasteiger partial charge in [0, 0.05) is 0 Å². The second-order valence-corrected chi connectivity index (χ2v) is 4.56. The first-order valence-corrected chi connectivity index (χ1v) is 5.84. The Morgan fingerprint density at radius 2 is 1.65 bits per heavy atom. The molecule has 0 aliphatic carbocycles. The summed E-state index contributed by atoms with van der Waals surface area (Å²) in [5.74, 6) is -2.84. The van der Waals surface area contributed by atoms with Crippen LogP contribution in [0.3, 0.4) is 0 Å². The predicted molar refractivity (Wildman–Crippen MR) is 69.3 cm³/mol. The van der Waals surface area contributed by atoms with Crippen molar-refractivity contribution < 1.29 is 22.7 Å². The van der Waals surface area contributed by atoms with Crippen LogP contribution >= 0.6 is 0 Å². The first-order valence-electron chi connectivity index (χ1n) is 5.84. The summed E-state index contributed by atoms with van der Waals surface area (Å²) in [5.41, 5.74) is -1.66. The molecule has 1 unspecified atom stereocenters. The molecule has 0 saturated carbocycles. The zero-order valence-corrected chi connectivity index (χ0v) is 15.5. The Kier molecular flexibility index (Phi) is 11.0. The van der Waals surface area contributed by atoms with Crippen LogP contribution in [0.25, 0.3) is 0 Å². The van der Waals surface area contributed by atoms with Gasteiger partial charge in [-0.1, -0.05) is 39.5 Å². The van der Waals surface area contributed by atoms with Crippen LogP contribution in [0.5, 0.6) is 0 Å². The molecule has 0 aromatic rings. The largest absolute Gasteiger partial charge is 2.00 e. The van der Waals surface area contributed by atoms with Crippen LogP contribution in [0.2, 0.25) is 0 Å². The van der Waals surface area contributed by atoms with E-state index in [0.29, 0.717) is 6.42 Å². The van der Waals surface area contributed by atoms with Crippen molar-refractivity contribution in [2.45, 2.75) is 52.9 Å². The van der Waals surface area contributed by atoms with Gasteiger partial charge in [0.15, 0.2) is 5.41 Å². The molecule has 0 aromatic carbocycles. The normalized spacial score (nSPS) is 12.6. The molecular formula is C12H24BaO4. The second-order valence-electron chi connectivity index (χ2n) is 4.56. The molecule has 1 atom stereocenters. The fourth-order valence-electron chi connectivity index (χ4n) is 1.68. The van der Waals surface area contributed by atoms with Gasteiger partial charge in [-0.25, -0.2) is 0 Å². The number of carboxylic acid groups (broad SMARTS) is 2. The molecule has 0 aliphatic rings. The summed E-state index contributed by atoms with van der Waals surface area (Å²) in [6, 6.07) is 0. The average molecular weight is 370 g/mol. The van der Waals surface area contributed by atoms with E-state index >= 15 is 0 Å². The maximum Gasteiger partial charge on any atom is 2.00 e. The van der Waals surface area contributed by atoms with Gasteiger partial charge in [0.2, 0.25) is 0 Å². The van der Waals surface area contributed by atoms with Crippen LogP contribution in [0.15, 0.2) is 0 Å². The standard InChI is InChI=1S/C12H22O4.Ba.2H/c1-4-5-6-7-8-9(2)12(3,10(13)14)11(15)16;;;/h9H,4-8H2,1-3H3,(H,13,14)(H,15,16);;;/q;+2;2*-1. The maximum atomic E-state index is 11.0. The summed E-state index contributed by atoms with van der Waals surface area (Å²) in [7, 11) is 0. The summed E-state index contributed by atoms with van der Waals surface area (Å²) in [4.78, 5) is 22.0. The van der Waals surface area contributed by atoms with Crippen molar-refractivity contribution in [3.8, 4) is 0 Å². The van der Waals surface area contributed by atoms with Crippen LogP contribution in [-0.2, 0) is 9.59 Å². The van der Waals surface area contributed by atoms with Crippen molar-refractivity contribution in [2.75, 3.05) is 0 Å². The monoisotopic (exact) mass is 370 g/mol. The molecule has 4 nitrogen and oxygen atoms in total. The molecule has 0 bridgehead atoms. The molecule has 98 valence electrons. The SMILES string of the molecule is CCCCCCC(C)C(C)(C(=O)O)C(=O)O.[Ba+2].[H-].[H-]. The van der Waals surface area contributed by atoms with Gasteiger partial charge in [-0.2, -0.15) is 0 Å². The van der Waals surface area contributed by atoms with Crippen LogP contribution < -0.4 is 0 Å². The number of hydrogen-bond donors (Lipinski definition) is 2. The fourth-order valence-corrected chi connectivity index (χ4v) is 1.68. The van der Waals surface area contributed by atoms with Crippen molar-refractivity contribution in [1.82, 2.24) is 0 Å². The first-order chi connectivity index (χ1) is 7.37. The van der Waals surface area contributed by atoms with Gasteiger partial charge in [-0.3, -0.25) is 9.59 Å². The Morgan fingerprint density at radius 1 is 1.18 bits per heavy atom.